The maximum atomic E-state index is 11.0. The molecule has 0 radical (unpaired) electrons. The summed E-state index contributed by atoms with van der Waals surface area (Å²) in [7, 11) is 2.09. The van der Waals surface area contributed by atoms with Crippen molar-refractivity contribution < 1.29 is 4.79 Å². The van der Waals surface area contributed by atoms with Gasteiger partial charge in [-0.25, -0.2) is 0 Å². The van der Waals surface area contributed by atoms with Crippen LogP contribution < -0.4 is 0 Å². The molecule has 0 aromatic heterocycles. The van der Waals surface area contributed by atoms with Crippen LogP contribution in [0.5, 0.6) is 0 Å². The van der Waals surface area contributed by atoms with Gasteiger partial charge >= 0.3 is 0 Å². The molecule has 0 aromatic carbocycles. The molecule has 2 rings (SSSR count). The Morgan fingerprint density at radius 3 is 2.40 bits per heavy atom. The lowest BCUT2D eigenvalue weighted by molar-refractivity contribution is -0.122. The fourth-order valence-corrected chi connectivity index (χ4v) is 1.75. The van der Waals surface area contributed by atoms with E-state index in [9.17, 15) is 4.79 Å². The Labute approximate surface area is 60.5 Å². The predicted molar refractivity (Wildman–Crippen MR) is 38.7 cm³/mol. The van der Waals surface area contributed by atoms with E-state index in [1.54, 1.807) is 0 Å². The van der Waals surface area contributed by atoms with Crippen LogP contribution in [0.1, 0.15) is 12.8 Å². The number of carbonyl (C=O) groups excluding carboxylic acids is 1. The summed E-state index contributed by atoms with van der Waals surface area (Å²) in [5.41, 5.74) is 0. The van der Waals surface area contributed by atoms with Gasteiger partial charge in [0.1, 0.15) is 5.78 Å². The molecule has 2 bridgehead atoms. The van der Waals surface area contributed by atoms with Crippen molar-refractivity contribution in [3.63, 3.8) is 0 Å². The molecule has 2 heteroatoms. The van der Waals surface area contributed by atoms with Gasteiger partial charge in [-0.1, -0.05) is 12.2 Å². The first-order valence-electron chi connectivity index (χ1n) is 3.69. The quantitative estimate of drug-likeness (QED) is 0.455. The molecule has 1 saturated heterocycles. The summed E-state index contributed by atoms with van der Waals surface area (Å²) in [4.78, 5) is 13.3. The summed E-state index contributed by atoms with van der Waals surface area (Å²) in [5.74, 6) is 0.415. The number of likely N-dealkylation sites (N-methyl/N-ethyl adjacent to an activating group) is 1. The van der Waals surface area contributed by atoms with Gasteiger partial charge in [0, 0.05) is 24.9 Å². The van der Waals surface area contributed by atoms with Crippen LogP contribution in [0.25, 0.3) is 0 Å². The number of hydrogen-bond donors (Lipinski definition) is 0. The molecule has 2 aliphatic rings. The molecule has 2 aliphatic heterocycles. The Kier molecular flexibility index (Phi) is 1.17. The van der Waals surface area contributed by atoms with Crippen LogP contribution >= 0.6 is 0 Å². The summed E-state index contributed by atoms with van der Waals surface area (Å²) in [6.45, 7) is 0. The second-order valence-corrected chi connectivity index (χ2v) is 3.13. The molecular weight excluding hydrogens is 126 g/mol. The minimum atomic E-state index is 0.409. The first-order chi connectivity index (χ1) is 4.77. The summed E-state index contributed by atoms with van der Waals surface area (Å²) >= 11 is 0. The van der Waals surface area contributed by atoms with Gasteiger partial charge in [0.05, 0.1) is 0 Å². The first kappa shape index (κ1) is 6.10. The Hall–Kier alpha value is -0.630. The van der Waals surface area contributed by atoms with Crippen LogP contribution in [-0.2, 0) is 4.79 Å². The molecular formula is C8H11NO. The molecule has 10 heavy (non-hydrogen) atoms. The maximum absolute atomic E-state index is 11.0. The lowest BCUT2D eigenvalue weighted by Crippen LogP contribution is -2.40. The zero-order valence-corrected chi connectivity index (χ0v) is 6.08. The van der Waals surface area contributed by atoms with Crippen molar-refractivity contribution in [3.8, 4) is 0 Å². The third-order valence-electron chi connectivity index (χ3n) is 2.48. The van der Waals surface area contributed by atoms with E-state index in [1.165, 1.54) is 0 Å². The van der Waals surface area contributed by atoms with Crippen LogP contribution in [0.15, 0.2) is 12.2 Å². The maximum Gasteiger partial charge on any atom is 0.136 e. The normalized spacial score (nSPS) is 39.1. The van der Waals surface area contributed by atoms with E-state index in [2.05, 4.69) is 24.1 Å². The number of fused-ring (bicyclic) bond motifs is 2. The van der Waals surface area contributed by atoms with Crippen LogP contribution in [-0.4, -0.2) is 29.8 Å². The summed E-state index contributed by atoms with van der Waals surface area (Å²) < 4.78 is 0. The number of rotatable bonds is 0. The van der Waals surface area contributed by atoms with Crippen molar-refractivity contribution in [1.82, 2.24) is 4.90 Å². The van der Waals surface area contributed by atoms with E-state index >= 15 is 0 Å². The van der Waals surface area contributed by atoms with Gasteiger partial charge < -0.3 is 0 Å². The first-order valence-corrected chi connectivity index (χ1v) is 3.69. The summed E-state index contributed by atoms with van der Waals surface area (Å²) in [6, 6.07) is 0.817. The van der Waals surface area contributed by atoms with Crippen molar-refractivity contribution in [3.05, 3.63) is 12.2 Å². The van der Waals surface area contributed by atoms with Crippen LogP contribution in [0.3, 0.4) is 0 Å². The molecule has 2 nitrogen and oxygen atoms in total. The number of ketones is 1. The van der Waals surface area contributed by atoms with E-state index < -0.39 is 0 Å². The highest BCUT2D eigenvalue weighted by molar-refractivity contribution is 5.81. The second-order valence-electron chi connectivity index (χ2n) is 3.13. The minimum absolute atomic E-state index is 0.409. The molecule has 2 heterocycles. The van der Waals surface area contributed by atoms with Crippen LogP contribution in [0.2, 0.25) is 0 Å². The fourth-order valence-electron chi connectivity index (χ4n) is 1.75. The van der Waals surface area contributed by atoms with Gasteiger partial charge in [0.15, 0.2) is 0 Å². The van der Waals surface area contributed by atoms with Gasteiger partial charge in [0.2, 0.25) is 0 Å². The van der Waals surface area contributed by atoms with E-state index in [4.69, 9.17) is 0 Å². The lowest BCUT2D eigenvalue weighted by Gasteiger charge is -2.29. The molecule has 2 unspecified atom stereocenters. The largest absolute Gasteiger partial charge is 0.300 e. The standard InChI is InChI=1S/C8H11NO/c1-9-6-2-3-7(9)5-8(10)4-6/h2-3,6-7H,4-5H2,1H3. The van der Waals surface area contributed by atoms with Gasteiger partial charge in [-0.2, -0.15) is 0 Å². The van der Waals surface area contributed by atoms with E-state index in [1.807, 2.05) is 0 Å². The summed E-state index contributed by atoms with van der Waals surface area (Å²) in [6.07, 6.45) is 5.75. The number of nitrogens with zero attached hydrogens (tertiary/aromatic N) is 1. The monoisotopic (exact) mass is 137 g/mol. The molecule has 2 atom stereocenters. The molecule has 0 N–H and O–H groups in total. The molecule has 54 valence electrons. The highest BCUT2D eigenvalue weighted by Crippen LogP contribution is 2.25. The molecule has 0 spiro atoms. The van der Waals surface area contributed by atoms with Gasteiger partial charge in [-0.05, 0) is 7.05 Å². The van der Waals surface area contributed by atoms with E-state index in [-0.39, 0.29) is 0 Å². The van der Waals surface area contributed by atoms with Crippen molar-refractivity contribution in [2.24, 2.45) is 0 Å². The topological polar surface area (TPSA) is 20.3 Å². The zero-order chi connectivity index (χ0) is 7.14. The van der Waals surface area contributed by atoms with Gasteiger partial charge in [0.25, 0.3) is 0 Å². The van der Waals surface area contributed by atoms with Crippen LogP contribution in [0, 0.1) is 0 Å². The zero-order valence-electron chi connectivity index (χ0n) is 6.08. The highest BCUT2D eigenvalue weighted by Gasteiger charge is 2.33. The van der Waals surface area contributed by atoms with Gasteiger partial charge in [-0.15, -0.1) is 0 Å². The molecule has 0 saturated carbocycles. The fraction of sp³-hybridized carbons (Fsp3) is 0.625. The number of hydrogen-bond acceptors (Lipinski definition) is 2. The van der Waals surface area contributed by atoms with Crippen molar-refractivity contribution in [2.75, 3.05) is 7.05 Å². The molecule has 0 amide bonds. The van der Waals surface area contributed by atoms with Crippen molar-refractivity contribution in [2.45, 2.75) is 24.9 Å². The Bertz CT molecular complexity index is 179. The Morgan fingerprint density at radius 1 is 1.40 bits per heavy atom. The Balaban J connectivity index is 2.22. The predicted octanol–water partition coefficient (Wildman–Crippen LogP) is 0.588. The number of Topliss-reactive ketones (excluding diaryl/α,β-unsaturated/α-hetero) is 1. The van der Waals surface area contributed by atoms with Crippen molar-refractivity contribution >= 4 is 5.78 Å². The third-order valence-corrected chi connectivity index (χ3v) is 2.48. The number of piperidine rings is 1. The second kappa shape index (κ2) is 1.92. The smallest absolute Gasteiger partial charge is 0.136 e. The minimum Gasteiger partial charge on any atom is -0.300 e. The molecule has 0 aromatic rings. The molecule has 0 aliphatic carbocycles. The van der Waals surface area contributed by atoms with Crippen molar-refractivity contribution in [1.29, 1.82) is 0 Å². The third kappa shape index (κ3) is 0.721. The average molecular weight is 137 g/mol. The van der Waals surface area contributed by atoms with Crippen LogP contribution in [0.4, 0.5) is 0 Å². The number of carbonyl (C=O) groups is 1. The highest BCUT2D eigenvalue weighted by atomic mass is 16.1. The SMILES string of the molecule is CN1C2C=CC1CC(=O)C2. The van der Waals surface area contributed by atoms with E-state index in [0.29, 0.717) is 17.9 Å². The summed E-state index contributed by atoms with van der Waals surface area (Å²) in [5, 5.41) is 0. The lowest BCUT2D eigenvalue weighted by atomic mass is 10.0. The van der Waals surface area contributed by atoms with E-state index in [0.717, 1.165) is 12.8 Å². The van der Waals surface area contributed by atoms with Gasteiger partial charge in [-0.3, -0.25) is 9.69 Å². The Morgan fingerprint density at radius 2 is 1.90 bits per heavy atom. The average Bonchev–Trinajstić information content (AvgIpc) is 2.20. The molecule has 1 fully saturated rings.